The lowest BCUT2D eigenvalue weighted by Crippen LogP contribution is -2.22. The molecule has 5 aliphatic rings. The molecule has 0 radical (unpaired) electrons. The monoisotopic (exact) mass is 1170 g/mol. The fourth-order valence-electron chi connectivity index (χ4n) is 2.53. The van der Waals surface area contributed by atoms with Crippen molar-refractivity contribution >= 4 is 77.0 Å². The van der Waals surface area contributed by atoms with Gasteiger partial charge in [0, 0.05) is 23.6 Å². The number of nitrogens with one attached hydrogen (secondary N) is 6. The third-order valence-electron chi connectivity index (χ3n) is 4.47. The van der Waals surface area contributed by atoms with Gasteiger partial charge in [0.05, 0.1) is 18.6 Å². The molecule has 3 fully saturated rings. The van der Waals surface area contributed by atoms with Crippen molar-refractivity contribution in [2.24, 2.45) is 46.4 Å². The fraction of sp³-hybridized carbons (Fsp3) is 0.750. The second-order valence-electron chi connectivity index (χ2n) is 20.7. The van der Waals surface area contributed by atoms with Crippen molar-refractivity contribution in [2.75, 3.05) is 36.2 Å². The van der Waals surface area contributed by atoms with Crippen molar-refractivity contribution in [1.29, 1.82) is 0 Å². The topological polar surface area (TPSA) is 362 Å². The number of allylic oxidation sites excluding steroid dienone is 1. The van der Waals surface area contributed by atoms with Crippen molar-refractivity contribution in [3.05, 3.63) is 44.9 Å². The van der Waals surface area contributed by atoms with E-state index < -0.39 is 41.4 Å². The molecule has 7 heterocycles. The Kier molecular flexibility index (Phi) is 58.6. The number of sulfone groups is 2. The summed E-state index contributed by atoms with van der Waals surface area (Å²) >= 11 is 1.05. The van der Waals surface area contributed by atoms with Gasteiger partial charge in [-0.05, 0) is 47.5 Å². The summed E-state index contributed by atoms with van der Waals surface area (Å²) in [5, 5.41) is 4.02. The van der Waals surface area contributed by atoms with Crippen LogP contribution < -0.4 is 32.4 Å². The molecule has 0 spiro atoms. The number of carbonyl (C=O) groups excluding carboxylic acids is 5. The minimum Gasteiger partial charge on any atom is -0.340 e. The van der Waals surface area contributed by atoms with E-state index in [-0.39, 0.29) is 71.2 Å². The zero-order chi connectivity index (χ0) is 61.3. The predicted octanol–water partition coefficient (Wildman–Crippen LogP) is 6.24. The summed E-state index contributed by atoms with van der Waals surface area (Å²) in [5.74, 6) is 2.85. The Hall–Kier alpha value is -4.77. The van der Waals surface area contributed by atoms with E-state index in [0.29, 0.717) is 6.67 Å². The van der Waals surface area contributed by atoms with E-state index in [4.69, 9.17) is 0 Å². The van der Waals surface area contributed by atoms with Gasteiger partial charge in [-0.2, -0.15) is 9.85 Å². The lowest BCUT2D eigenvalue weighted by Gasteiger charge is -1.83. The Labute approximate surface area is 459 Å². The van der Waals surface area contributed by atoms with Crippen LogP contribution in [0.3, 0.4) is 0 Å². The Bertz CT molecular complexity index is 2060. The molecule has 5 aliphatic heterocycles. The number of carbonyl (C=O) groups is 5. The number of hydroxylamine groups is 1. The molecule has 0 saturated carbocycles. The van der Waals surface area contributed by atoms with Gasteiger partial charge < -0.3 is 10.3 Å². The molecular weight excluding hydrogens is 1070 g/mol. The van der Waals surface area contributed by atoms with Crippen molar-refractivity contribution < 1.29 is 58.6 Å². The van der Waals surface area contributed by atoms with Gasteiger partial charge in [-0.15, -0.1) is 0 Å². The summed E-state index contributed by atoms with van der Waals surface area (Å²) in [6.45, 7) is 46.2. The van der Waals surface area contributed by atoms with Crippen molar-refractivity contribution in [3.63, 3.8) is 0 Å². The summed E-state index contributed by atoms with van der Waals surface area (Å²) in [6, 6.07) is 0. The molecule has 2 aromatic heterocycles. The maximum Gasteiger partial charge on any atom is 0.438 e. The number of rotatable bonds is 0. The smallest absolute Gasteiger partial charge is 0.340 e. The van der Waals surface area contributed by atoms with Crippen LogP contribution in [0.15, 0.2) is 43.1 Å². The van der Waals surface area contributed by atoms with Crippen LogP contribution in [0.2, 0.25) is 0 Å². The van der Waals surface area contributed by atoms with Crippen LogP contribution in [0.4, 0.5) is 0 Å². The number of sulfonamides is 1. The lowest BCUT2D eigenvalue weighted by molar-refractivity contribution is -0.144. The Balaban J connectivity index is -0.000000136. The molecule has 6 N–H and O–H groups in total. The van der Waals surface area contributed by atoms with Crippen molar-refractivity contribution in [3.8, 4) is 0 Å². The van der Waals surface area contributed by atoms with Gasteiger partial charge in [-0.3, -0.25) is 42.8 Å². The third-order valence-corrected chi connectivity index (χ3v) is 9.08. The zero-order valence-corrected chi connectivity index (χ0v) is 52.4. The first kappa shape index (κ1) is 85.2. The number of aliphatic imine (C=N–C) groups is 1. The Morgan fingerprint density at radius 1 is 0.618 bits per heavy atom. The first-order valence-corrected chi connectivity index (χ1v) is 30.6. The van der Waals surface area contributed by atoms with Crippen molar-refractivity contribution in [2.45, 2.75) is 158 Å². The minimum atomic E-state index is -3.20. The van der Waals surface area contributed by atoms with Gasteiger partial charge in [0.2, 0.25) is 10.0 Å². The number of Topliss-reactive ketones (excluding diaryl/α,β-unsaturated/α-hetero) is 2. The summed E-state index contributed by atoms with van der Waals surface area (Å²) in [4.78, 5) is 80.3. The zero-order valence-electron chi connectivity index (χ0n) is 49.2. The summed E-state index contributed by atoms with van der Waals surface area (Å²) in [5.41, 5.74) is 7.19. The van der Waals surface area contributed by atoms with Crippen LogP contribution in [0.5, 0.6) is 0 Å². The van der Waals surface area contributed by atoms with Crippen LogP contribution in [0.25, 0.3) is 0 Å². The highest BCUT2D eigenvalue weighted by atomic mass is 32.2. The number of aromatic nitrogens is 4. The van der Waals surface area contributed by atoms with E-state index in [0.717, 1.165) is 64.6 Å². The number of H-pyrrole nitrogens is 2. The molecule has 0 aromatic carbocycles. The molecule has 3 saturated heterocycles. The molecule has 0 atom stereocenters. The number of amides is 1. The number of aromatic amines is 2. The lowest BCUT2D eigenvalue weighted by atomic mass is 10.3. The molecule has 0 unspecified atom stereocenters. The maximum atomic E-state index is 10.4. The van der Waals surface area contributed by atoms with Gasteiger partial charge >= 0.3 is 11.7 Å². The molecule has 0 aliphatic carbocycles. The molecule has 0 bridgehead atoms. The number of ketones is 3. The normalized spacial score (nSPS) is 15.8. The second-order valence-corrected chi connectivity index (χ2v) is 27.2. The summed E-state index contributed by atoms with van der Waals surface area (Å²) in [6.07, 6.45) is 5.21. The average Bonchev–Trinajstić information content (AvgIpc) is 4.08. The largest absolute Gasteiger partial charge is 0.438 e. The van der Waals surface area contributed by atoms with Crippen LogP contribution >= 0.6 is 11.7 Å². The van der Waals surface area contributed by atoms with E-state index in [2.05, 4.69) is 194 Å². The van der Waals surface area contributed by atoms with Gasteiger partial charge in [-0.1, -0.05) is 151 Å². The molecule has 1 amide bonds. The van der Waals surface area contributed by atoms with Crippen LogP contribution in [-0.4, -0.2) is 116 Å². The van der Waals surface area contributed by atoms with Gasteiger partial charge in [-0.25, -0.2) is 45.0 Å². The molecule has 448 valence electrons. The number of hydrazine groups is 1. The highest BCUT2D eigenvalue weighted by Gasteiger charge is 2.25. The number of hydrogen-bond acceptors (Lipinski definition) is 21. The van der Waals surface area contributed by atoms with Crippen LogP contribution in [0, 0.1) is 41.4 Å². The predicted molar refractivity (Wildman–Crippen MR) is 305 cm³/mol. The fourth-order valence-corrected chi connectivity index (χ4v) is 6.15. The molecule has 7 rings (SSSR count). The molecule has 24 nitrogen and oxygen atoms in total. The number of hydrogen-bond donors (Lipinski definition) is 6. The SMILES string of the molecule is C1=NCNN1.CC(C)C.CC(C)C.CC(C)C.CC(C)C.CC(C)C.CC(C)C.CC(C)C.O=C1C=CS(=O)(=O)C1.O=C1CC(=O)ON1.O=C1CCS(=O)(=O)C1.O=C1CNS(=O)(=O)C1.O=c1[nH]cno1.O=c1cns[nH]1. The highest BCUT2D eigenvalue weighted by molar-refractivity contribution is 7.95. The van der Waals surface area contributed by atoms with E-state index in [9.17, 15) is 58.8 Å². The highest BCUT2D eigenvalue weighted by Crippen LogP contribution is 2.05. The third kappa shape index (κ3) is 102. The first-order chi connectivity index (χ1) is 34.5. The van der Waals surface area contributed by atoms with E-state index in [1.165, 1.54) is 12.5 Å². The maximum absolute atomic E-state index is 10.4. The minimum absolute atomic E-state index is 0.0255. The molecule has 2 aromatic rings. The molecular formula is C48H97N9O15S4. The second kappa shape index (κ2) is 52.3. The Morgan fingerprint density at radius 2 is 1.08 bits per heavy atom. The quantitative estimate of drug-likeness (QED) is 0.159. The first-order valence-electron chi connectivity index (χ1n) is 24.6. The summed E-state index contributed by atoms with van der Waals surface area (Å²) < 4.78 is 74.0. The standard InChI is InChI=1S/C4H6O3S.C4H4O3S.7C4H10.C3H5NO3S.C3H3NO3.C2H5N3.C2H2N2O2.C2H2N2OS/c2*5-4-1-2-8(6,7)3-4;7*1-4(2)3;5-3-1-4-8(6,7)2-3;5-2-1-3(6)7-4-2;1-3-2-5-4-1;5-2-3-1-4-6-2;5-2-1-3-6-4-2/h1-3H2;1-2H,3H2;7*4H,1-3H3;4H,1-2H2;1H2,(H,4,5);1,5H,2H2,(H,3,4);1H,(H,3,4,5);1H,(H,4,5). The van der Waals surface area contributed by atoms with Crippen LogP contribution in [0.1, 0.15) is 158 Å². The molecule has 76 heavy (non-hydrogen) atoms. The molecule has 28 heteroatoms. The van der Waals surface area contributed by atoms with E-state index >= 15 is 0 Å². The Morgan fingerprint density at radius 3 is 1.17 bits per heavy atom. The van der Waals surface area contributed by atoms with Gasteiger partial charge in [0.1, 0.15) is 48.7 Å². The average molecular weight is 1170 g/mol. The van der Waals surface area contributed by atoms with Gasteiger partial charge in [0.25, 0.3) is 11.5 Å². The van der Waals surface area contributed by atoms with Crippen molar-refractivity contribution in [1.82, 2.24) is 39.9 Å². The number of nitrogens with zero attached hydrogens (tertiary/aromatic N) is 3. The van der Waals surface area contributed by atoms with E-state index in [1.807, 2.05) is 5.48 Å². The van der Waals surface area contributed by atoms with Crippen LogP contribution in [-0.2, 0) is 58.5 Å². The van der Waals surface area contributed by atoms with Gasteiger partial charge in [0.15, 0.2) is 31.2 Å². The van der Waals surface area contributed by atoms with E-state index in [1.54, 1.807) is 6.34 Å². The summed E-state index contributed by atoms with van der Waals surface area (Å²) in [7, 11) is -9.27.